The van der Waals surface area contributed by atoms with E-state index >= 15 is 0 Å². The summed E-state index contributed by atoms with van der Waals surface area (Å²) >= 11 is 6.00. The van der Waals surface area contributed by atoms with Crippen molar-refractivity contribution in [3.63, 3.8) is 0 Å². The number of carbonyl (C=O) groups is 1. The first-order valence-corrected chi connectivity index (χ1v) is 11.9. The van der Waals surface area contributed by atoms with Crippen LogP contribution in [0.25, 0.3) is 0 Å². The van der Waals surface area contributed by atoms with Crippen molar-refractivity contribution in [1.82, 2.24) is 9.97 Å². The zero-order valence-corrected chi connectivity index (χ0v) is 19.7. The summed E-state index contributed by atoms with van der Waals surface area (Å²) in [6, 6.07) is 13.7. The van der Waals surface area contributed by atoms with Crippen molar-refractivity contribution in [3.05, 3.63) is 99.7 Å². The van der Waals surface area contributed by atoms with Crippen LogP contribution in [0, 0.1) is 10.1 Å². The first-order chi connectivity index (χ1) is 17.2. The van der Waals surface area contributed by atoms with Crippen molar-refractivity contribution in [2.24, 2.45) is 0 Å². The van der Waals surface area contributed by atoms with Gasteiger partial charge in [-0.3, -0.25) is 14.9 Å². The third kappa shape index (κ3) is 5.95. The topological polar surface area (TPSA) is 167 Å². The second-order valence-electron chi connectivity index (χ2n) is 7.08. The van der Waals surface area contributed by atoms with Gasteiger partial charge in [-0.1, -0.05) is 11.6 Å². The van der Waals surface area contributed by atoms with E-state index in [1.807, 2.05) is 0 Å². The Morgan fingerprint density at radius 2 is 1.81 bits per heavy atom. The van der Waals surface area contributed by atoms with Gasteiger partial charge >= 0.3 is 0 Å². The number of benzene rings is 2. The summed E-state index contributed by atoms with van der Waals surface area (Å²) in [5, 5.41) is 13.7. The van der Waals surface area contributed by atoms with Gasteiger partial charge < -0.3 is 14.5 Å². The molecule has 0 spiro atoms. The molecule has 0 aliphatic heterocycles. The highest BCUT2D eigenvalue weighted by molar-refractivity contribution is 7.92. The summed E-state index contributed by atoms with van der Waals surface area (Å²) in [6.45, 7) is -0.126. The van der Waals surface area contributed by atoms with Gasteiger partial charge in [0.15, 0.2) is 5.76 Å². The van der Waals surface area contributed by atoms with Gasteiger partial charge in [0.25, 0.3) is 21.6 Å². The predicted octanol–water partition coefficient (Wildman–Crippen LogP) is 4.26. The smallest absolute Gasteiger partial charge is 0.291 e. The van der Waals surface area contributed by atoms with E-state index in [9.17, 15) is 23.3 Å². The fourth-order valence-corrected chi connectivity index (χ4v) is 4.01. The van der Waals surface area contributed by atoms with E-state index < -0.39 is 20.9 Å². The Labute approximate surface area is 209 Å². The molecule has 14 heteroatoms. The minimum Gasteiger partial charge on any atom is -0.484 e. The molecule has 0 fully saturated rings. The molecule has 0 radical (unpaired) electrons. The minimum atomic E-state index is -3.91. The lowest BCUT2D eigenvalue weighted by molar-refractivity contribution is -0.384. The summed E-state index contributed by atoms with van der Waals surface area (Å²) in [5.74, 6) is -0.311. The lowest BCUT2D eigenvalue weighted by atomic mass is 10.3. The number of rotatable bonds is 9. The van der Waals surface area contributed by atoms with Gasteiger partial charge in [-0.2, -0.15) is 0 Å². The number of carbonyl (C=O) groups excluding carboxylic acids is 1. The normalized spacial score (nSPS) is 11.0. The molecular formula is C22H16ClN5O7S. The number of non-ortho nitro benzene ring substituents is 1. The molecular weight excluding hydrogens is 514 g/mol. The van der Waals surface area contributed by atoms with Gasteiger partial charge in [0.2, 0.25) is 5.95 Å². The quantitative estimate of drug-likeness (QED) is 0.238. The maximum absolute atomic E-state index is 12.5. The average Bonchev–Trinajstić information content (AvgIpc) is 3.33. The first-order valence-electron chi connectivity index (χ1n) is 10.1. The van der Waals surface area contributed by atoms with E-state index in [-0.39, 0.29) is 45.4 Å². The Bertz CT molecular complexity index is 1510. The van der Waals surface area contributed by atoms with Gasteiger partial charge in [0.05, 0.1) is 20.9 Å². The Morgan fingerprint density at radius 3 is 2.50 bits per heavy atom. The highest BCUT2D eigenvalue weighted by atomic mass is 35.5. The number of hydrogen-bond acceptors (Lipinski definition) is 9. The summed E-state index contributed by atoms with van der Waals surface area (Å²) < 4.78 is 38.1. The van der Waals surface area contributed by atoms with Crippen molar-refractivity contribution in [2.75, 3.05) is 10.0 Å². The molecule has 2 N–H and O–H groups in total. The lowest BCUT2D eigenvalue weighted by Gasteiger charge is -2.08. The zero-order valence-electron chi connectivity index (χ0n) is 18.1. The summed E-state index contributed by atoms with van der Waals surface area (Å²) in [7, 11) is -3.91. The number of nitrogens with zero attached hydrogens (tertiary/aromatic N) is 3. The Hall–Kier alpha value is -4.49. The van der Waals surface area contributed by atoms with E-state index in [2.05, 4.69) is 20.0 Å². The first kappa shape index (κ1) is 24.6. The third-order valence-electron chi connectivity index (χ3n) is 4.59. The molecule has 2 aromatic carbocycles. The lowest BCUT2D eigenvalue weighted by Crippen LogP contribution is -2.15. The molecule has 1 amide bonds. The molecule has 36 heavy (non-hydrogen) atoms. The van der Waals surface area contributed by atoms with E-state index in [0.29, 0.717) is 5.69 Å². The largest absolute Gasteiger partial charge is 0.484 e. The molecule has 0 aliphatic rings. The molecule has 0 bridgehead atoms. The van der Waals surface area contributed by atoms with Crippen LogP contribution in [-0.2, 0) is 16.6 Å². The van der Waals surface area contributed by atoms with Crippen LogP contribution < -0.4 is 14.8 Å². The van der Waals surface area contributed by atoms with Gasteiger partial charge in [-0.25, -0.2) is 23.1 Å². The van der Waals surface area contributed by atoms with Gasteiger partial charge in [-0.15, -0.1) is 0 Å². The number of anilines is 2. The highest BCUT2D eigenvalue weighted by Crippen LogP contribution is 2.29. The van der Waals surface area contributed by atoms with Gasteiger partial charge in [0, 0.05) is 24.1 Å². The number of aromatic nitrogens is 2. The molecule has 0 saturated heterocycles. The van der Waals surface area contributed by atoms with Crippen molar-refractivity contribution < 1.29 is 27.3 Å². The van der Waals surface area contributed by atoms with Crippen LogP contribution in [0.4, 0.5) is 17.3 Å². The van der Waals surface area contributed by atoms with Crippen molar-refractivity contribution in [3.8, 4) is 5.75 Å². The SMILES string of the molecule is O=C(Nc1ccc(S(=O)(=O)Nc2ncccn2)cc1)c1ccc(COc2cc([N+](=O)[O-])ccc2Cl)o1. The van der Waals surface area contributed by atoms with E-state index in [1.165, 1.54) is 67.0 Å². The Morgan fingerprint density at radius 1 is 1.08 bits per heavy atom. The summed E-state index contributed by atoms with van der Waals surface area (Å²) in [6.07, 6.45) is 2.80. The Balaban J connectivity index is 1.37. The number of hydrogen-bond donors (Lipinski definition) is 2. The molecule has 4 aromatic rings. The second kappa shape index (κ2) is 10.4. The van der Waals surface area contributed by atoms with Gasteiger partial charge in [-0.05, 0) is 48.5 Å². The molecule has 2 heterocycles. The molecule has 0 atom stereocenters. The zero-order chi connectivity index (χ0) is 25.7. The van der Waals surface area contributed by atoms with Gasteiger partial charge in [0.1, 0.15) is 18.1 Å². The van der Waals surface area contributed by atoms with Crippen molar-refractivity contribution in [2.45, 2.75) is 11.5 Å². The van der Waals surface area contributed by atoms with E-state index in [1.54, 1.807) is 6.07 Å². The molecule has 4 rings (SSSR count). The van der Waals surface area contributed by atoms with Crippen LogP contribution in [0.3, 0.4) is 0 Å². The monoisotopic (exact) mass is 529 g/mol. The average molecular weight is 530 g/mol. The minimum absolute atomic E-state index is 0.0293. The molecule has 0 aliphatic carbocycles. The third-order valence-corrected chi connectivity index (χ3v) is 6.25. The number of nitrogens with one attached hydrogen (secondary N) is 2. The summed E-state index contributed by atoms with van der Waals surface area (Å²) in [4.78, 5) is 30.4. The predicted molar refractivity (Wildman–Crippen MR) is 128 cm³/mol. The molecule has 0 saturated carbocycles. The van der Waals surface area contributed by atoms with Crippen LogP contribution in [0.1, 0.15) is 16.3 Å². The number of furan rings is 1. The van der Waals surface area contributed by atoms with Crippen LogP contribution in [-0.4, -0.2) is 29.2 Å². The number of nitro groups is 1. The van der Waals surface area contributed by atoms with Crippen LogP contribution in [0.15, 0.2) is 82.4 Å². The molecule has 0 unspecified atom stereocenters. The van der Waals surface area contributed by atoms with Crippen molar-refractivity contribution in [1.29, 1.82) is 0 Å². The highest BCUT2D eigenvalue weighted by Gasteiger charge is 2.17. The Kier molecular flexibility index (Phi) is 7.12. The number of nitro benzene ring substituents is 1. The van der Waals surface area contributed by atoms with Crippen LogP contribution >= 0.6 is 11.6 Å². The maximum atomic E-state index is 12.5. The fourth-order valence-electron chi connectivity index (χ4n) is 2.88. The van der Waals surface area contributed by atoms with E-state index in [0.717, 1.165) is 0 Å². The number of ether oxygens (including phenoxy) is 1. The number of sulfonamides is 1. The maximum Gasteiger partial charge on any atom is 0.291 e. The van der Waals surface area contributed by atoms with E-state index in [4.69, 9.17) is 20.8 Å². The number of halogens is 1. The second-order valence-corrected chi connectivity index (χ2v) is 9.17. The summed E-state index contributed by atoms with van der Waals surface area (Å²) in [5.41, 5.74) is 0.143. The molecule has 2 aromatic heterocycles. The van der Waals surface area contributed by atoms with Crippen molar-refractivity contribution >= 4 is 44.9 Å². The molecule has 12 nitrogen and oxygen atoms in total. The molecule has 184 valence electrons. The standard InChI is InChI=1S/C22H16ClN5O7S/c23-18-8-4-15(28(30)31)12-20(18)34-13-16-5-9-19(35-16)21(29)26-14-2-6-17(7-3-14)36(32,33)27-22-24-10-1-11-25-22/h1-12H,13H2,(H,26,29)(H,24,25,27). The van der Waals surface area contributed by atoms with Crippen LogP contribution in [0.2, 0.25) is 5.02 Å². The fraction of sp³-hybridized carbons (Fsp3) is 0.0455. The number of amides is 1. The van der Waals surface area contributed by atoms with Crippen LogP contribution in [0.5, 0.6) is 5.75 Å².